The molecule has 1 aromatic heterocycles. The molecule has 2 N–H and O–H groups in total. The van der Waals surface area contributed by atoms with E-state index in [2.05, 4.69) is 22.4 Å². The van der Waals surface area contributed by atoms with Crippen molar-refractivity contribution in [3.8, 4) is 0 Å². The molecular formula is C27H30N4O2. The molecule has 170 valence electrons. The van der Waals surface area contributed by atoms with E-state index in [4.69, 9.17) is 0 Å². The Labute approximate surface area is 193 Å². The summed E-state index contributed by atoms with van der Waals surface area (Å²) >= 11 is 0. The smallest absolute Gasteiger partial charge is 0.319 e. The normalized spacial score (nSPS) is 22.6. The van der Waals surface area contributed by atoms with Gasteiger partial charge >= 0.3 is 6.03 Å². The molecule has 3 aliphatic rings. The zero-order chi connectivity index (χ0) is 22.6. The van der Waals surface area contributed by atoms with E-state index >= 15 is 0 Å². The predicted octanol–water partition coefficient (Wildman–Crippen LogP) is 4.68. The van der Waals surface area contributed by atoms with Gasteiger partial charge in [-0.05, 0) is 43.9 Å². The maximum atomic E-state index is 14.3. The Morgan fingerprint density at radius 3 is 2.67 bits per heavy atom. The van der Waals surface area contributed by atoms with E-state index in [1.807, 2.05) is 53.1 Å². The third kappa shape index (κ3) is 2.79. The Hall–Kier alpha value is -3.28. The lowest BCUT2D eigenvalue weighted by atomic mass is 9.80. The van der Waals surface area contributed by atoms with Crippen molar-refractivity contribution in [2.75, 3.05) is 18.0 Å². The number of carbonyl (C=O) groups is 2. The number of para-hydroxylation sites is 2. The van der Waals surface area contributed by atoms with Gasteiger partial charge in [0.2, 0.25) is 0 Å². The maximum absolute atomic E-state index is 14.3. The summed E-state index contributed by atoms with van der Waals surface area (Å²) in [6.07, 6.45) is 6.27. The van der Waals surface area contributed by atoms with Crippen LogP contribution in [0.5, 0.6) is 0 Å². The van der Waals surface area contributed by atoms with Gasteiger partial charge in [-0.2, -0.15) is 0 Å². The molecule has 1 spiro atoms. The van der Waals surface area contributed by atoms with Gasteiger partial charge in [0, 0.05) is 35.6 Å². The topological polar surface area (TPSA) is 68.4 Å². The fraction of sp³-hybridized carbons (Fsp3) is 0.407. The molecule has 3 aromatic rings. The molecule has 0 radical (unpaired) electrons. The van der Waals surface area contributed by atoms with Crippen molar-refractivity contribution in [1.29, 1.82) is 0 Å². The van der Waals surface area contributed by atoms with Crippen LogP contribution in [0.15, 0.2) is 48.5 Å². The van der Waals surface area contributed by atoms with E-state index in [-0.39, 0.29) is 18.0 Å². The first-order valence-electron chi connectivity index (χ1n) is 12.3. The van der Waals surface area contributed by atoms with Gasteiger partial charge in [-0.3, -0.25) is 4.79 Å². The van der Waals surface area contributed by atoms with Gasteiger partial charge in [-0.25, -0.2) is 4.79 Å². The first-order valence-corrected chi connectivity index (χ1v) is 12.3. The van der Waals surface area contributed by atoms with Gasteiger partial charge in [-0.1, -0.05) is 55.7 Å². The number of carbonyl (C=O) groups excluding carboxylic acids is 2. The van der Waals surface area contributed by atoms with Gasteiger partial charge in [0.25, 0.3) is 5.91 Å². The van der Waals surface area contributed by atoms with Crippen molar-refractivity contribution >= 4 is 28.5 Å². The minimum absolute atomic E-state index is 0.0440. The van der Waals surface area contributed by atoms with Crippen LogP contribution in [0.2, 0.25) is 0 Å². The number of urea groups is 1. The molecule has 3 amide bonds. The van der Waals surface area contributed by atoms with E-state index < -0.39 is 5.54 Å². The van der Waals surface area contributed by atoms with Gasteiger partial charge in [-0.15, -0.1) is 0 Å². The van der Waals surface area contributed by atoms with Crippen LogP contribution in [0.25, 0.3) is 10.9 Å². The summed E-state index contributed by atoms with van der Waals surface area (Å²) < 4.78 is 0. The van der Waals surface area contributed by atoms with Crippen LogP contribution in [0.1, 0.15) is 55.8 Å². The van der Waals surface area contributed by atoms with E-state index in [1.54, 1.807) is 0 Å². The molecule has 1 saturated carbocycles. The number of fused-ring (bicyclic) bond motifs is 6. The van der Waals surface area contributed by atoms with Crippen LogP contribution in [-0.2, 0) is 16.8 Å². The zero-order valence-electron chi connectivity index (χ0n) is 19.1. The number of likely N-dealkylation sites (N-methyl/N-ethyl adjacent to an activating group) is 1. The van der Waals surface area contributed by atoms with E-state index in [0.717, 1.165) is 65.5 Å². The Morgan fingerprint density at radius 2 is 1.85 bits per heavy atom. The van der Waals surface area contributed by atoms with Crippen LogP contribution < -0.4 is 10.2 Å². The van der Waals surface area contributed by atoms with Crippen molar-refractivity contribution in [3.63, 3.8) is 0 Å². The van der Waals surface area contributed by atoms with Crippen molar-refractivity contribution in [2.24, 2.45) is 0 Å². The number of nitrogens with zero attached hydrogens (tertiary/aromatic N) is 2. The number of anilines is 1. The number of hydrogen-bond acceptors (Lipinski definition) is 2. The summed E-state index contributed by atoms with van der Waals surface area (Å²) in [6.45, 7) is 3.06. The molecule has 1 atom stereocenters. The van der Waals surface area contributed by atoms with Gasteiger partial charge in [0.1, 0.15) is 0 Å². The summed E-state index contributed by atoms with van der Waals surface area (Å²) in [5.41, 5.74) is 3.63. The first-order chi connectivity index (χ1) is 16.2. The molecule has 1 fully saturated rings. The predicted molar refractivity (Wildman–Crippen MR) is 129 cm³/mol. The van der Waals surface area contributed by atoms with Crippen LogP contribution in [-0.4, -0.2) is 41.0 Å². The highest BCUT2D eigenvalue weighted by atomic mass is 16.2. The molecular weight excluding hydrogens is 412 g/mol. The van der Waals surface area contributed by atoms with E-state index in [0.29, 0.717) is 13.1 Å². The Kier molecular flexibility index (Phi) is 4.71. The standard InChI is InChI=1S/C27H30N4O2/c1-2-30-23-15-9-7-13-21(23)27(25(30)32)24-20(19-12-6-8-14-22(19)29-24)16-17-31(27)26(33)28-18-10-4-3-5-11-18/h6-9,12-15,18,29H,2-5,10-11,16-17H2,1H3,(H,28,33)/t27-/m1/s1. The minimum Gasteiger partial charge on any atom is -0.355 e. The monoisotopic (exact) mass is 442 g/mol. The average molecular weight is 443 g/mol. The molecule has 3 heterocycles. The number of H-pyrrole nitrogens is 1. The molecule has 0 unspecified atom stereocenters. The fourth-order valence-corrected chi connectivity index (χ4v) is 6.30. The average Bonchev–Trinajstić information content (AvgIpc) is 3.34. The quantitative estimate of drug-likeness (QED) is 0.605. The molecule has 0 saturated heterocycles. The number of nitrogens with one attached hydrogen (secondary N) is 2. The highest BCUT2D eigenvalue weighted by molar-refractivity contribution is 6.12. The van der Waals surface area contributed by atoms with Gasteiger partial charge < -0.3 is 20.1 Å². The number of hydrogen-bond donors (Lipinski definition) is 2. The summed E-state index contributed by atoms with van der Waals surface area (Å²) in [5, 5.41) is 4.43. The first kappa shape index (κ1) is 20.3. The lowest BCUT2D eigenvalue weighted by Crippen LogP contribution is -2.62. The Balaban J connectivity index is 1.55. The second kappa shape index (κ2) is 7.65. The van der Waals surface area contributed by atoms with Gasteiger partial charge in [0.15, 0.2) is 5.54 Å². The van der Waals surface area contributed by atoms with E-state index in [9.17, 15) is 9.59 Å². The molecule has 1 aliphatic carbocycles. The SMILES string of the molecule is CCN1C(=O)[C@@]2(c3ccccc31)c1[nH]c3ccccc3c1CCN2C(=O)NC1CCCCC1. The molecule has 6 rings (SSSR count). The highest BCUT2D eigenvalue weighted by Gasteiger charge is 2.60. The third-order valence-corrected chi connectivity index (χ3v) is 7.80. The summed E-state index contributed by atoms with van der Waals surface area (Å²) in [7, 11) is 0. The second-order valence-corrected chi connectivity index (χ2v) is 9.49. The third-order valence-electron chi connectivity index (χ3n) is 7.80. The van der Waals surface area contributed by atoms with Crippen LogP contribution in [0.3, 0.4) is 0 Å². The van der Waals surface area contributed by atoms with Crippen molar-refractivity contribution in [1.82, 2.24) is 15.2 Å². The summed E-state index contributed by atoms with van der Waals surface area (Å²) in [5.74, 6) is -0.0440. The lowest BCUT2D eigenvalue weighted by molar-refractivity contribution is -0.126. The largest absolute Gasteiger partial charge is 0.355 e. The van der Waals surface area contributed by atoms with Gasteiger partial charge in [0.05, 0.1) is 11.4 Å². The zero-order valence-corrected chi connectivity index (χ0v) is 19.1. The Bertz CT molecular complexity index is 1240. The number of benzene rings is 2. The number of rotatable bonds is 2. The summed E-state index contributed by atoms with van der Waals surface area (Å²) in [6, 6.07) is 16.2. The minimum atomic E-state index is -1.17. The fourth-order valence-electron chi connectivity index (χ4n) is 6.30. The molecule has 6 nitrogen and oxygen atoms in total. The van der Waals surface area contributed by atoms with Crippen molar-refractivity contribution < 1.29 is 9.59 Å². The van der Waals surface area contributed by atoms with Crippen LogP contribution in [0.4, 0.5) is 10.5 Å². The molecule has 33 heavy (non-hydrogen) atoms. The Morgan fingerprint density at radius 1 is 1.09 bits per heavy atom. The highest BCUT2D eigenvalue weighted by Crippen LogP contribution is 2.51. The van der Waals surface area contributed by atoms with Crippen molar-refractivity contribution in [2.45, 2.75) is 57.0 Å². The van der Waals surface area contributed by atoms with Crippen molar-refractivity contribution in [3.05, 3.63) is 65.4 Å². The second-order valence-electron chi connectivity index (χ2n) is 9.49. The molecule has 6 heteroatoms. The molecule has 2 aromatic carbocycles. The number of aromatic amines is 1. The molecule has 0 bridgehead atoms. The number of aromatic nitrogens is 1. The van der Waals surface area contributed by atoms with Crippen LogP contribution in [0, 0.1) is 0 Å². The summed E-state index contributed by atoms with van der Waals surface area (Å²) in [4.78, 5) is 35.4. The van der Waals surface area contributed by atoms with E-state index in [1.165, 1.54) is 6.42 Å². The maximum Gasteiger partial charge on any atom is 0.319 e. The lowest BCUT2D eigenvalue weighted by Gasteiger charge is -2.44. The number of amides is 3. The van der Waals surface area contributed by atoms with Crippen LogP contribution >= 0.6 is 0 Å². The molecule has 2 aliphatic heterocycles.